The van der Waals surface area contributed by atoms with Crippen molar-refractivity contribution in [2.24, 2.45) is 0 Å². The highest BCUT2D eigenvalue weighted by molar-refractivity contribution is 6.34. The summed E-state index contributed by atoms with van der Waals surface area (Å²) in [6, 6.07) is 9.75. The topological polar surface area (TPSA) is 108 Å². The highest BCUT2D eigenvalue weighted by Crippen LogP contribution is 2.38. The Labute approximate surface area is 241 Å². The third-order valence-corrected chi connectivity index (χ3v) is 7.47. The number of methoxy groups -OCH3 is 1. The van der Waals surface area contributed by atoms with Crippen LogP contribution in [0.5, 0.6) is 5.75 Å². The van der Waals surface area contributed by atoms with Gasteiger partial charge >= 0.3 is 5.69 Å². The van der Waals surface area contributed by atoms with Gasteiger partial charge in [0.15, 0.2) is 5.82 Å². The standard InChI is InChI=1S/C29H20Cl2FN5O4/c1-14-3-18(11-33-10-14)37-28(39)27-24(36(29(37)40)13-17-8-21(31)22(32)12-34-17)5-15(6-25(27)41-2)19-4-16-7-26(38)35-23(16)9-20(19)30/h3-6,8-12H,7,13H2,1-2H3,(H,35,38). The third kappa shape index (κ3) is 4.64. The largest absolute Gasteiger partial charge is 0.496 e. The van der Waals surface area contributed by atoms with Gasteiger partial charge in [0.2, 0.25) is 5.91 Å². The number of hydrogen-bond acceptors (Lipinski definition) is 6. The first-order valence-corrected chi connectivity index (χ1v) is 13.1. The van der Waals surface area contributed by atoms with E-state index >= 15 is 0 Å². The molecular weight excluding hydrogens is 572 g/mol. The second-order valence-electron chi connectivity index (χ2n) is 9.61. The Balaban J connectivity index is 1.67. The number of anilines is 1. The zero-order valence-electron chi connectivity index (χ0n) is 21.7. The molecule has 0 saturated carbocycles. The van der Waals surface area contributed by atoms with Crippen molar-refractivity contribution in [2.75, 3.05) is 12.4 Å². The van der Waals surface area contributed by atoms with Gasteiger partial charge in [-0.15, -0.1) is 0 Å². The number of fused-ring (bicyclic) bond motifs is 2. The average Bonchev–Trinajstić information content (AvgIpc) is 3.30. The number of aryl methyl sites for hydroxylation is 1. The molecular formula is C29H20Cl2FN5O4. The molecule has 0 atom stereocenters. The molecule has 0 fully saturated rings. The van der Waals surface area contributed by atoms with Crippen LogP contribution >= 0.6 is 23.2 Å². The van der Waals surface area contributed by atoms with Crippen LogP contribution < -0.4 is 21.3 Å². The van der Waals surface area contributed by atoms with Gasteiger partial charge in [-0.1, -0.05) is 23.2 Å². The second kappa shape index (κ2) is 10.1. The molecule has 0 unspecified atom stereocenters. The number of amides is 1. The predicted octanol–water partition coefficient (Wildman–Crippen LogP) is 4.92. The fourth-order valence-corrected chi connectivity index (χ4v) is 5.43. The van der Waals surface area contributed by atoms with Crippen molar-refractivity contribution in [3.05, 3.63) is 109 Å². The van der Waals surface area contributed by atoms with E-state index in [1.54, 1.807) is 43.5 Å². The number of hydrogen-bond donors (Lipinski definition) is 1. The minimum Gasteiger partial charge on any atom is -0.496 e. The summed E-state index contributed by atoms with van der Waals surface area (Å²) in [7, 11) is 1.42. The fraction of sp³-hybridized carbons (Fsp3) is 0.138. The van der Waals surface area contributed by atoms with Crippen molar-refractivity contribution in [1.29, 1.82) is 0 Å². The molecule has 0 aliphatic carbocycles. The Morgan fingerprint density at radius 3 is 2.56 bits per heavy atom. The zero-order valence-corrected chi connectivity index (χ0v) is 23.2. The number of ether oxygens (including phenoxy) is 1. The minimum absolute atomic E-state index is 0.125. The lowest BCUT2D eigenvalue weighted by atomic mass is 9.99. The van der Waals surface area contributed by atoms with E-state index in [4.69, 9.17) is 27.9 Å². The summed E-state index contributed by atoms with van der Waals surface area (Å²) in [5, 5.41) is 3.09. The molecule has 0 bridgehead atoms. The van der Waals surface area contributed by atoms with E-state index < -0.39 is 17.1 Å². The summed E-state index contributed by atoms with van der Waals surface area (Å²) >= 11 is 12.6. The van der Waals surface area contributed by atoms with Gasteiger partial charge in [-0.05, 0) is 60.0 Å². The molecule has 5 aromatic rings. The number of carbonyl (C=O) groups is 1. The van der Waals surface area contributed by atoms with Crippen LogP contribution in [0.2, 0.25) is 10.0 Å². The van der Waals surface area contributed by atoms with Gasteiger partial charge in [0.05, 0.1) is 59.4 Å². The van der Waals surface area contributed by atoms with Crippen LogP contribution in [-0.4, -0.2) is 32.1 Å². The fourth-order valence-electron chi connectivity index (χ4n) is 4.98. The summed E-state index contributed by atoms with van der Waals surface area (Å²) < 4.78 is 21.9. The lowest BCUT2D eigenvalue weighted by Gasteiger charge is -2.18. The maximum Gasteiger partial charge on any atom is 0.336 e. The molecule has 1 amide bonds. The molecule has 2 aromatic carbocycles. The maximum atomic E-state index is 14.0. The number of nitrogens with one attached hydrogen (secondary N) is 1. The summed E-state index contributed by atoms with van der Waals surface area (Å²) in [4.78, 5) is 48.1. The van der Waals surface area contributed by atoms with Crippen LogP contribution in [0.1, 0.15) is 16.8 Å². The lowest BCUT2D eigenvalue weighted by Crippen LogP contribution is -2.39. The molecule has 0 radical (unpaired) electrons. The molecule has 1 aliphatic rings. The third-order valence-electron chi connectivity index (χ3n) is 6.86. The second-order valence-corrected chi connectivity index (χ2v) is 10.4. The van der Waals surface area contributed by atoms with E-state index in [1.807, 2.05) is 0 Å². The molecule has 4 heterocycles. The van der Waals surface area contributed by atoms with Gasteiger partial charge in [-0.3, -0.25) is 24.1 Å². The number of rotatable bonds is 5. The quantitative estimate of drug-likeness (QED) is 0.311. The molecule has 41 heavy (non-hydrogen) atoms. The SMILES string of the molecule is COc1cc(-c2cc3c(cc2Cl)NC(=O)C3)cc2c1c(=O)n(-c1cncc(C)c1)c(=O)n2Cc1cc(Cl)c(F)cn1. The van der Waals surface area contributed by atoms with Gasteiger partial charge in [-0.2, -0.15) is 0 Å². The number of halogens is 3. The monoisotopic (exact) mass is 591 g/mol. The van der Waals surface area contributed by atoms with Gasteiger partial charge < -0.3 is 10.1 Å². The summed E-state index contributed by atoms with van der Waals surface area (Å²) in [5.74, 6) is -0.650. The van der Waals surface area contributed by atoms with Gasteiger partial charge in [0.1, 0.15) is 11.1 Å². The molecule has 0 saturated heterocycles. The Bertz CT molecular complexity index is 2040. The predicted molar refractivity (Wildman–Crippen MR) is 154 cm³/mol. The van der Waals surface area contributed by atoms with Crippen molar-refractivity contribution in [3.63, 3.8) is 0 Å². The molecule has 1 N–H and O–H groups in total. The van der Waals surface area contributed by atoms with Crippen molar-refractivity contribution in [2.45, 2.75) is 19.9 Å². The van der Waals surface area contributed by atoms with Crippen LogP contribution in [0.25, 0.3) is 27.7 Å². The Morgan fingerprint density at radius 2 is 1.83 bits per heavy atom. The number of nitrogens with zero attached hydrogens (tertiary/aromatic N) is 4. The molecule has 3 aromatic heterocycles. The van der Waals surface area contributed by atoms with Gasteiger partial charge in [0, 0.05) is 17.4 Å². The van der Waals surface area contributed by atoms with E-state index in [0.29, 0.717) is 21.8 Å². The molecule has 9 nitrogen and oxygen atoms in total. The number of pyridine rings is 2. The number of benzene rings is 2. The van der Waals surface area contributed by atoms with Crippen LogP contribution in [0.15, 0.2) is 64.6 Å². The highest BCUT2D eigenvalue weighted by Gasteiger charge is 2.24. The molecule has 0 spiro atoms. The van der Waals surface area contributed by atoms with E-state index in [9.17, 15) is 18.8 Å². The first-order chi connectivity index (χ1) is 19.6. The summed E-state index contributed by atoms with van der Waals surface area (Å²) in [6.45, 7) is 1.65. The van der Waals surface area contributed by atoms with Crippen molar-refractivity contribution < 1.29 is 13.9 Å². The first kappa shape index (κ1) is 26.7. The van der Waals surface area contributed by atoms with Crippen LogP contribution in [0.3, 0.4) is 0 Å². The Hall–Kier alpha value is -4.54. The van der Waals surface area contributed by atoms with Crippen LogP contribution in [0, 0.1) is 12.7 Å². The molecule has 206 valence electrons. The number of aromatic nitrogens is 4. The average molecular weight is 592 g/mol. The smallest absolute Gasteiger partial charge is 0.336 e. The van der Waals surface area contributed by atoms with Crippen molar-refractivity contribution in [1.82, 2.24) is 19.1 Å². The summed E-state index contributed by atoms with van der Waals surface area (Å²) in [6.07, 6.45) is 4.19. The highest BCUT2D eigenvalue weighted by atomic mass is 35.5. The van der Waals surface area contributed by atoms with Crippen LogP contribution in [0.4, 0.5) is 10.1 Å². The van der Waals surface area contributed by atoms with E-state index in [-0.39, 0.29) is 51.9 Å². The molecule has 1 aliphatic heterocycles. The van der Waals surface area contributed by atoms with E-state index in [1.165, 1.54) is 23.9 Å². The first-order valence-electron chi connectivity index (χ1n) is 12.4. The number of carbonyl (C=O) groups excluding carboxylic acids is 1. The zero-order chi connectivity index (χ0) is 29.0. The molecule has 6 rings (SSSR count). The van der Waals surface area contributed by atoms with Crippen molar-refractivity contribution in [3.8, 4) is 22.6 Å². The minimum atomic E-state index is -0.702. The lowest BCUT2D eigenvalue weighted by molar-refractivity contribution is -0.115. The Kier molecular flexibility index (Phi) is 6.59. The van der Waals surface area contributed by atoms with E-state index in [0.717, 1.165) is 21.9 Å². The van der Waals surface area contributed by atoms with Gasteiger partial charge in [-0.25, -0.2) is 13.8 Å². The van der Waals surface area contributed by atoms with Crippen molar-refractivity contribution >= 4 is 45.7 Å². The van der Waals surface area contributed by atoms with E-state index in [2.05, 4.69) is 15.3 Å². The summed E-state index contributed by atoms with van der Waals surface area (Å²) in [5.41, 5.74) is 2.77. The normalized spacial score (nSPS) is 12.5. The Morgan fingerprint density at radius 1 is 1.02 bits per heavy atom. The van der Waals surface area contributed by atoms with Gasteiger partial charge in [0.25, 0.3) is 5.56 Å². The maximum absolute atomic E-state index is 14.0. The molecule has 12 heteroatoms. The van der Waals surface area contributed by atoms with Crippen LogP contribution in [-0.2, 0) is 17.8 Å².